The summed E-state index contributed by atoms with van der Waals surface area (Å²) in [5.74, 6) is 0.646. The van der Waals surface area contributed by atoms with Crippen molar-refractivity contribution < 1.29 is 14.3 Å². The van der Waals surface area contributed by atoms with E-state index < -0.39 is 0 Å². The number of hydrogen-bond acceptors (Lipinski definition) is 7. The molecule has 218 valence electrons. The third-order valence-corrected chi connectivity index (χ3v) is 6.78. The third kappa shape index (κ3) is 7.93. The number of carbonyl (C=O) groups is 2. The number of fused-ring (bicyclic) bond motifs is 7. The smallest absolute Gasteiger partial charge is 0.255 e. The monoisotopic (exact) mass is 574 g/mol. The number of likely N-dealkylation sites (N-methyl/N-ethyl adjacent to an activating group) is 1. The van der Waals surface area contributed by atoms with E-state index in [0.29, 0.717) is 36.0 Å². The summed E-state index contributed by atoms with van der Waals surface area (Å²) in [6, 6.07) is 20.4. The molecule has 3 aromatic carbocycles. The summed E-state index contributed by atoms with van der Waals surface area (Å²) >= 11 is 0. The molecule has 0 radical (unpaired) electrons. The van der Waals surface area contributed by atoms with Crippen LogP contribution < -0.4 is 20.7 Å². The lowest BCUT2D eigenvalue weighted by molar-refractivity contribution is -0.111. The summed E-state index contributed by atoms with van der Waals surface area (Å²) in [7, 11) is 2.05. The maximum Gasteiger partial charge on any atom is 0.255 e. The van der Waals surface area contributed by atoms with Crippen molar-refractivity contribution in [3.63, 3.8) is 0 Å². The molecular weight excluding hydrogens is 540 g/mol. The van der Waals surface area contributed by atoms with E-state index in [1.165, 1.54) is 6.08 Å². The van der Waals surface area contributed by atoms with E-state index in [1.807, 2.05) is 56.4 Å². The summed E-state index contributed by atoms with van der Waals surface area (Å²) in [4.78, 5) is 36.3. The number of rotatable bonds is 4. The predicted octanol–water partition coefficient (Wildman–Crippen LogP) is 6.34. The van der Waals surface area contributed by atoms with E-state index in [2.05, 4.69) is 44.6 Å². The van der Waals surface area contributed by atoms with Gasteiger partial charge in [-0.2, -0.15) is 0 Å². The van der Waals surface area contributed by atoms with Gasteiger partial charge >= 0.3 is 0 Å². The van der Waals surface area contributed by atoms with Crippen LogP contribution >= 0.6 is 0 Å². The van der Waals surface area contributed by atoms with Crippen molar-refractivity contribution >= 4 is 34.8 Å². The topological polar surface area (TPSA) is 108 Å². The third-order valence-electron chi connectivity index (χ3n) is 6.78. The molecule has 43 heavy (non-hydrogen) atoms. The molecule has 0 saturated carbocycles. The van der Waals surface area contributed by atoms with Crippen LogP contribution in [0.25, 0.3) is 11.3 Å². The quantitative estimate of drug-likeness (QED) is 0.193. The number of nitrogens with zero attached hydrogens (tertiary/aromatic N) is 3. The first kappa shape index (κ1) is 29.2. The molecule has 3 N–H and O–H groups in total. The Kier molecular flexibility index (Phi) is 9.23. The minimum absolute atomic E-state index is 0.272. The van der Waals surface area contributed by atoms with Crippen LogP contribution in [0.1, 0.15) is 27.9 Å². The second-order valence-corrected chi connectivity index (χ2v) is 10.3. The molecule has 0 aliphatic carbocycles. The van der Waals surface area contributed by atoms with Gasteiger partial charge in [0, 0.05) is 47.5 Å². The number of aromatic nitrogens is 2. The lowest BCUT2D eigenvalue weighted by Crippen LogP contribution is -2.18. The number of hydrogen-bond donors (Lipinski definition) is 3. The highest BCUT2D eigenvalue weighted by atomic mass is 16.5. The van der Waals surface area contributed by atoms with Crippen molar-refractivity contribution in [1.82, 2.24) is 14.9 Å². The van der Waals surface area contributed by atoms with E-state index in [0.717, 1.165) is 46.8 Å². The van der Waals surface area contributed by atoms with E-state index in [9.17, 15) is 9.59 Å². The molecule has 0 unspecified atom stereocenters. The Morgan fingerprint density at radius 1 is 1.02 bits per heavy atom. The fourth-order valence-electron chi connectivity index (χ4n) is 4.68. The number of aryl methyl sites for hydroxylation is 1. The molecule has 0 atom stereocenters. The van der Waals surface area contributed by atoms with Gasteiger partial charge in [-0.05, 0) is 92.2 Å². The lowest BCUT2D eigenvalue weighted by atomic mass is 10.1. The van der Waals surface area contributed by atoms with Gasteiger partial charge in [-0.3, -0.25) is 14.5 Å². The van der Waals surface area contributed by atoms with Gasteiger partial charge in [-0.15, -0.1) is 0 Å². The fourth-order valence-corrected chi connectivity index (χ4v) is 4.68. The van der Waals surface area contributed by atoms with Crippen molar-refractivity contribution in [3.8, 4) is 17.0 Å². The predicted molar refractivity (Wildman–Crippen MR) is 171 cm³/mol. The molecule has 2 amide bonds. The minimum atomic E-state index is -0.315. The number of benzene rings is 3. The Balaban J connectivity index is 1.45. The molecule has 9 nitrogen and oxygen atoms in total. The Morgan fingerprint density at radius 3 is 2.67 bits per heavy atom. The SMILES string of the molecule is C=CC(=O)Nc1ccc(C(=O)Nc2cc3cc(c2)Nc2ncc(C)c(n2)-c2cccc(c2)OCC/C=C/CN(C)C3)cc1. The van der Waals surface area contributed by atoms with Crippen molar-refractivity contribution in [3.05, 3.63) is 114 Å². The van der Waals surface area contributed by atoms with Crippen LogP contribution in [-0.2, 0) is 11.3 Å². The molecular formula is C34H34N6O3. The average molecular weight is 575 g/mol. The van der Waals surface area contributed by atoms with Crippen molar-refractivity contribution in [1.29, 1.82) is 0 Å². The zero-order chi connectivity index (χ0) is 30.2. The molecule has 5 rings (SSSR count). The van der Waals surface area contributed by atoms with E-state index in [-0.39, 0.29) is 11.8 Å². The molecule has 1 aliphatic heterocycles. The zero-order valence-corrected chi connectivity index (χ0v) is 24.3. The van der Waals surface area contributed by atoms with Gasteiger partial charge in [-0.25, -0.2) is 9.97 Å². The van der Waals surface area contributed by atoms with Gasteiger partial charge in [-0.1, -0.05) is 30.9 Å². The van der Waals surface area contributed by atoms with Crippen LogP contribution in [0.5, 0.6) is 5.75 Å². The van der Waals surface area contributed by atoms with Gasteiger partial charge in [0.15, 0.2) is 0 Å². The Bertz CT molecular complexity index is 1670. The number of anilines is 4. The molecule has 1 aliphatic rings. The first-order chi connectivity index (χ1) is 20.9. The fraction of sp³-hybridized carbons (Fsp3) is 0.176. The lowest BCUT2D eigenvalue weighted by Gasteiger charge is -2.18. The second-order valence-electron chi connectivity index (χ2n) is 10.3. The summed E-state index contributed by atoms with van der Waals surface area (Å²) in [6.07, 6.45) is 8.05. The summed E-state index contributed by atoms with van der Waals surface area (Å²) in [6.45, 7) is 7.43. The van der Waals surface area contributed by atoms with Gasteiger partial charge in [0.05, 0.1) is 12.3 Å². The molecule has 9 heteroatoms. The number of nitrogens with one attached hydrogen (secondary N) is 3. The molecule has 4 aromatic rings. The van der Waals surface area contributed by atoms with Crippen molar-refractivity contribution in [2.45, 2.75) is 19.9 Å². The first-order valence-corrected chi connectivity index (χ1v) is 14.0. The van der Waals surface area contributed by atoms with Crippen LogP contribution in [0.3, 0.4) is 0 Å². The highest BCUT2D eigenvalue weighted by Gasteiger charge is 2.13. The number of ether oxygens (including phenoxy) is 1. The standard InChI is InChI=1S/C34H34N6O3/c1-4-31(41)36-27-13-11-25(12-14-27)33(42)37-28-17-24-18-29(20-28)38-34-35-21-23(2)32(39-34)26-9-8-10-30(19-26)43-16-7-5-6-15-40(3)22-24/h4-6,8-14,17-21H,1,7,15-16,22H2,2-3H3,(H,36,41)(H,37,42)(H,35,38,39)/b6-5+. The molecule has 0 fully saturated rings. The van der Waals surface area contributed by atoms with Crippen molar-refractivity contribution in [2.24, 2.45) is 0 Å². The van der Waals surface area contributed by atoms with Gasteiger partial charge < -0.3 is 20.7 Å². The van der Waals surface area contributed by atoms with Gasteiger partial charge in [0.1, 0.15) is 5.75 Å². The molecule has 0 spiro atoms. The second kappa shape index (κ2) is 13.6. The highest BCUT2D eigenvalue weighted by molar-refractivity contribution is 6.05. The Labute approximate surface area is 251 Å². The van der Waals surface area contributed by atoms with E-state index in [4.69, 9.17) is 9.72 Å². The maximum absolute atomic E-state index is 13.2. The highest BCUT2D eigenvalue weighted by Crippen LogP contribution is 2.28. The summed E-state index contributed by atoms with van der Waals surface area (Å²) < 4.78 is 5.99. The Hall–Kier alpha value is -5.28. The minimum Gasteiger partial charge on any atom is -0.493 e. The summed E-state index contributed by atoms with van der Waals surface area (Å²) in [5.41, 5.74) is 6.10. The maximum atomic E-state index is 13.2. The molecule has 1 aromatic heterocycles. The van der Waals surface area contributed by atoms with Gasteiger partial charge in [0.25, 0.3) is 5.91 Å². The van der Waals surface area contributed by atoms with Crippen LogP contribution in [0.2, 0.25) is 0 Å². The molecule has 0 saturated heterocycles. The van der Waals surface area contributed by atoms with E-state index >= 15 is 0 Å². The van der Waals surface area contributed by atoms with Gasteiger partial charge in [0.2, 0.25) is 11.9 Å². The van der Waals surface area contributed by atoms with Crippen LogP contribution in [-0.4, -0.2) is 46.9 Å². The molecule has 6 bridgehead atoms. The number of carbonyl (C=O) groups excluding carboxylic acids is 2. The van der Waals surface area contributed by atoms with E-state index in [1.54, 1.807) is 30.5 Å². The van der Waals surface area contributed by atoms with Crippen molar-refractivity contribution in [2.75, 3.05) is 36.1 Å². The van der Waals surface area contributed by atoms with Crippen LogP contribution in [0, 0.1) is 6.92 Å². The number of amides is 2. The Morgan fingerprint density at radius 2 is 1.86 bits per heavy atom. The zero-order valence-electron chi connectivity index (χ0n) is 24.3. The van der Waals surface area contributed by atoms with Crippen LogP contribution in [0.4, 0.5) is 23.0 Å². The normalized spacial score (nSPS) is 14.2. The first-order valence-electron chi connectivity index (χ1n) is 14.0. The van der Waals surface area contributed by atoms with Crippen LogP contribution in [0.15, 0.2) is 97.7 Å². The largest absolute Gasteiger partial charge is 0.493 e. The summed E-state index contributed by atoms with van der Waals surface area (Å²) in [5, 5.41) is 9.03. The molecule has 2 heterocycles. The average Bonchev–Trinajstić information content (AvgIpc) is 2.99.